The predicted octanol–water partition coefficient (Wildman–Crippen LogP) is 2.74. The van der Waals surface area contributed by atoms with Crippen molar-refractivity contribution < 1.29 is 29.0 Å². The summed E-state index contributed by atoms with van der Waals surface area (Å²) >= 11 is 0. The number of Topliss-reactive ketones (excluding diaryl/α,β-unsaturated/α-hetero) is 2. The maximum absolute atomic E-state index is 12.4. The van der Waals surface area contributed by atoms with Gasteiger partial charge >= 0.3 is 0 Å². The first-order valence-corrected chi connectivity index (χ1v) is 9.28. The molecule has 0 aliphatic rings. The molecule has 0 fully saturated rings. The molecule has 0 atom stereocenters. The Kier molecular flexibility index (Phi) is 6.95. The number of carbonyl (C=O) groups is 3. The lowest BCUT2D eigenvalue weighted by Gasteiger charge is -2.14. The van der Waals surface area contributed by atoms with Gasteiger partial charge in [-0.05, 0) is 23.3 Å². The van der Waals surface area contributed by atoms with Crippen LogP contribution in [0.1, 0.15) is 27.9 Å². The average Bonchev–Trinajstić information content (AvgIpc) is 2.77. The first-order chi connectivity index (χ1) is 14.5. The molecular formula is C24H19O6-. The van der Waals surface area contributed by atoms with Crippen LogP contribution in [0.2, 0.25) is 0 Å². The summed E-state index contributed by atoms with van der Waals surface area (Å²) in [6.45, 7) is 0.521. The number of ether oxygens (including phenoxy) is 2. The largest absolute Gasteiger partial charge is 0.542 e. The highest BCUT2D eigenvalue weighted by Gasteiger charge is 2.18. The predicted molar refractivity (Wildman–Crippen MR) is 107 cm³/mol. The normalized spacial score (nSPS) is 10.3. The van der Waals surface area contributed by atoms with E-state index >= 15 is 0 Å². The van der Waals surface area contributed by atoms with Crippen LogP contribution in [-0.2, 0) is 22.8 Å². The molecule has 6 heteroatoms. The number of rotatable bonds is 10. The molecule has 6 nitrogen and oxygen atoms in total. The molecule has 0 aromatic heterocycles. The van der Waals surface area contributed by atoms with E-state index < -0.39 is 24.0 Å². The minimum atomic E-state index is -1.89. The van der Waals surface area contributed by atoms with Gasteiger partial charge in [-0.1, -0.05) is 60.7 Å². The molecule has 3 aromatic rings. The number of aliphatic carboxylic acids is 1. The van der Waals surface area contributed by atoms with Crippen molar-refractivity contribution in [2.75, 3.05) is 0 Å². The summed E-state index contributed by atoms with van der Waals surface area (Å²) in [5.41, 5.74) is 1.97. The fraction of sp³-hybridized carbons (Fsp3) is 0.125. The third-order valence-electron chi connectivity index (χ3n) is 4.29. The van der Waals surface area contributed by atoms with Gasteiger partial charge in [-0.2, -0.15) is 0 Å². The van der Waals surface area contributed by atoms with E-state index in [1.165, 1.54) is 6.07 Å². The zero-order valence-electron chi connectivity index (χ0n) is 16.1. The summed E-state index contributed by atoms with van der Waals surface area (Å²) in [5.74, 6) is -3.15. The van der Waals surface area contributed by atoms with Gasteiger partial charge < -0.3 is 19.4 Å². The maximum Gasteiger partial charge on any atom is 0.185 e. The van der Waals surface area contributed by atoms with Gasteiger partial charge in [-0.25, -0.2) is 0 Å². The quantitative estimate of drug-likeness (QED) is 0.294. The molecule has 30 heavy (non-hydrogen) atoms. The molecule has 0 unspecified atom stereocenters. The number of ketones is 2. The molecule has 0 aliphatic heterocycles. The van der Waals surface area contributed by atoms with Crippen LogP contribution in [0.25, 0.3) is 0 Å². The number of carboxylic acids is 1. The molecular weight excluding hydrogens is 384 g/mol. The lowest BCUT2D eigenvalue weighted by Crippen LogP contribution is -2.32. The second-order valence-electron chi connectivity index (χ2n) is 6.52. The third-order valence-corrected chi connectivity index (χ3v) is 4.29. The van der Waals surface area contributed by atoms with Crippen molar-refractivity contribution >= 4 is 17.5 Å². The van der Waals surface area contributed by atoms with Crippen LogP contribution >= 0.6 is 0 Å². The number of carbonyl (C=O) groups excluding carboxylic acids is 3. The summed E-state index contributed by atoms with van der Waals surface area (Å²) in [4.78, 5) is 34.5. The number of hydrogen-bond donors (Lipinski definition) is 0. The summed E-state index contributed by atoms with van der Waals surface area (Å²) < 4.78 is 11.6. The van der Waals surface area contributed by atoms with E-state index in [2.05, 4.69) is 0 Å². The Bertz CT molecular complexity index is 1030. The highest BCUT2D eigenvalue weighted by atomic mass is 16.5. The van der Waals surface area contributed by atoms with Crippen molar-refractivity contribution in [1.29, 1.82) is 0 Å². The minimum absolute atomic E-state index is 0.104. The Morgan fingerprint density at radius 1 is 0.733 bits per heavy atom. The van der Waals surface area contributed by atoms with Crippen LogP contribution in [0.5, 0.6) is 11.5 Å². The molecule has 0 saturated heterocycles. The highest BCUT2D eigenvalue weighted by molar-refractivity contribution is 6.36. The maximum atomic E-state index is 12.4. The lowest BCUT2D eigenvalue weighted by molar-refractivity contribution is -0.299. The summed E-state index contributed by atoms with van der Waals surface area (Å²) in [6.07, 6.45) is -0.797. The zero-order chi connectivity index (χ0) is 21.3. The van der Waals surface area contributed by atoms with Crippen molar-refractivity contribution in [2.24, 2.45) is 0 Å². The molecule has 3 rings (SSSR count). The molecule has 0 bridgehead atoms. The molecule has 0 amide bonds. The number of benzene rings is 3. The van der Waals surface area contributed by atoms with E-state index in [0.717, 1.165) is 11.1 Å². The van der Waals surface area contributed by atoms with Crippen LogP contribution in [0.3, 0.4) is 0 Å². The Morgan fingerprint density at radius 2 is 1.30 bits per heavy atom. The number of hydrogen-bond acceptors (Lipinski definition) is 6. The van der Waals surface area contributed by atoms with E-state index in [1.807, 2.05) is 60.7 Å². The van der Waals surface area contributed by atoms with Gasteiger partial charge in [0.05, 0.1) is 12.0 Å². The lowest BCUT2D eigenvalue weighted by atomic mass is 10.0. The van der Waals surface area contributed by atoms with Crippen molar-refractivity contribution in [3.63, 3.8) is 0 Å². The van der Waals surface area contributed by atoms with Gasteiger partial charge in [-0.3, -0.25) is 9.59 Å². The third kappa shape index (κ3) is 5.78. The van der Waals surface area contributed by atoms with E-state index in [0.29, 0.717) is 12.4 Å². The molecule has 152 valence electrons. The van der Waals surface area contributed by atoms with Crippen LogP contribution in [0.15, 0.2) is 78.9 Å². The van der Waals surface area contributed by atoms with E-state index in [4.69, 9.17) is 9.47 Å². The highest BCUT2D eigenvalue weighted by Crippen LogP contribution is 2.28. The Labute approximate surface area is 173 Å². The molecule has 0 saturated carbocycles. The Balaban J connectivity index is 1.80. The van der Waals surface area contributed by atoms with Gasteiger partial charge in [0.2, 0.25) is 0 Å². The van der Waals surface area contributed by atoms with Gasteiger partial charge in [0.15, 0.2) is 11.6 Å². The van der Waals surface area contributed by atoms with Crippen LogP contribution in [0.4, 0.5) is 0 Å². The summed E-state index contributed by atoms with van der Waals surface area (Å²) in [7, 11) is 0. The van der Waals surface area contributed by atoms with Gasteiger partial charge in [0, 0.05) is 6.07 Å². The summed E-state index contributed by atoms with van der Waals surface area (Å²) in [6, 6.07) is 23.5. The SMILES string of the molecule is O=C([O-])C(=O)CC(=O)c1ccc(OCc2ccccc2)cc1OCc1ccccc1. The van der Waals surface area contributed by atoms with Crippen LogP contribution < -0.4 is 14.6 Å². The van der Waals surface area contributed by atoms with Crippen molar-refractivity contribution in [3.05, 3.63) is 95.6 Å². The monoisotopic (exact) mass is 403 g/mol. The van der Waals surface area contributed by atoms with Crippen LogP contribution in [-0.4, -0.2) is 17.5 Å². The first kappa shape index (κ1) is 20.8. The first-order valence-electron chi connectivity index (χ1n) is 9.28. The standard InChI is InChI=1S/C24H20O6/c25-21(14-22(26)24(27)28)20-12-11-19(29-15-17-7-3-1-4-8-17)13-23(20)30-16-18-9-5-2-6-10-18/h1-13H,14-16H2,(H,27,28)/p-1. The topological polar surface area (TPSA) is 92.7 Å². The fourth-order valence-electron chi connectivity index (χ4n) is 2.73. The van der Waals surface area contributed by atoms with Gasteiger partial charge in [0.25, 0.3) is 0 Å². The van der Waals surface area contributed by atoms with Gasteiger partial charge in [-0.15, -0.1) is 0 Å². The van der Waals surface area contributed by atoms with Crippen molar-refractivity contribution in [3.8, 4) is 11.5 Å². The molecule has 0 N–H and O–H groups in total. The van der Waals surface area contributed by atoms with E-state index in [9.17, 15) is 19.5 Å². The van der Waals surface area contributed by atoms with Gasteiger partial charge in [0.1, 0.15) is 30.7 Å². The van der Waals surface area contributed by atoms with E-state index in [1.54, 1.807) is 12.1 Å². The number of carboxylic acid groups (broad SMARTS) is 1. The van der Waals surface area contributed by atoms with E-state index in [-0.39, 0.29) is 17.9 Å². The molecule has 3 aromatic carbocycles. The average molecular weight is 403 g/mol. The Morgan fingerprint density at radius 3 is 1.87 bits per heavy atom. The van der Waals surface area contributed by atoms with Crippen molar-refractivity contribution in [2.45, 2.75) is 19.6 Å². The second-order valence-corrected chi connectivity index (χ2v) is 6.52. The molecule has 0 radical (unpaired) electrons. The Hall–Kier alpha value is -3.93. The molecule has 0 spiro atoms. The van der Waals surface area contributed by atoms with Crippen LogP contribution in [0, 0.1) is 0 Å². The van der Waals surface area contributed by atoms with Crippen molar-refractivity contribution in [1.82, 2.24) is 0 Å². The minimum Gasteiger partial charge on any atom is -0.542 e. The fourth-order valence-corrected chi connectivity index (χ4v) is 2.73. The smallest absolute Gasteiger partial charge is 0.185 e. The zero-order valence-corrected chi connectivity index (χ0v) is 16.1. The second kappa shape index (κ2) is 10.0. The molecule has 0 heterocycles. The molecule has 0 aliphatic carbocycles. The summed E-state index contributed by atoms with van der Waals surface area (Å²) in [5, 5.41) is 10.7.